The van der Waals surface area contributed by atoms with Crippen LogP contribution in [0.1, 0.15) is 56.6 Å². The van der Waals surface area contributed by atoms with Crippen molar-refractivity contribution in [3.05, 3.63) is 17.7 Å². The van der Waals surface area contributed by atoms with E-state index in [-0.39, 0.29) is 0 Å². The number of nitrogens with zero attached hydrogens (tertiary/aromatic N) is 2. The third-order valence-electron chi connectivity index (χ3n) is 6.14. The van der Waals surface area contributed by atoms with E-state index in [2.05, 4.69) is 17.7 Å². The maximum atomic E-state index is 5.81. The second-order valence-electron chi connectivity index (χ2n) is 7.35. The summed E-state index contributed by atoms with van der Waals surface area (Å²) < 4.78 is 2.62. The van der Waals surface area contributed by atoms with Crippen LogP contribution >= 0.6 is 0 Å². The second kappa shape index (κ2) is 4.87. The summed E-state index contributed by atoms with van der Waals surface area (Å²) in [6.45, 7) is 2.98. The molecule has 20 heavy (non-hydrogen) atoms. The van der Waals surface area contributed by atoms with Gasteiger partial charge in [-0.3, -0.25) is 0 Å². The first-order valence-corrected chi connectivity index (χ1v) is 8.55. The average molecular weight is 273 g/mol. The highest BCUT2D eigenvalue weighted by atomic mass is 15.1. The van der Waals surface area contributed by atoms with Crippen molar-refractivity contribution in [2.24, 2.45) is 29.4 Å². The normalized spacial score (nSPS) is 38.6. The van der Waals surface area contributed by atoms with Gasteiger partial charge in [-0.25, -0.2) is 4.98 Å². The Kier molecular flexibility index (Phi) is 3.13. The Bertz CT molecular complexity index is 462. The fourth-order valence-corrected chi connectivity index (χ4v) is 5.72. The van der Waals surface area contributed by atoms with Crippen LogP contribution in [0.2, 0.25) is 0 Å². The highest BCUT2D eigenvalue weighted by Crippen LogP contribution is 2.58. The summed E-state index contributed by atoms with van der Waals surface area (Å²) in [5, 5.41) is 0. The highest BCUT2D eigenvalue weighted by Gasteiger charge is 2.49. The number of imidazole rings is 1. The lowest BCUT2D eigenvalue weighted by atomic mass is 9.54. The molecule has 3 heteroatoms. The third kappa shape index (κ3) is 1.86. The van der Waals surface area contributed by atoms with E-state index in [1.807, 2.05) is 0 Å². The zero-order chi connectivity index (χ0) is 13.7. The molecule has 0 radical (unpaired) electrons. The summed E-state index contributed by atoms with van der Waals surface area (Å²) in [7, 11) is 0. The van der Waals surface area contributed by atoms with Crippen LogP contribution in [0.15, 0.2) is 6.20 Å². The van der Waals surface area contributed by atoms with Crippen molar-refractivity contribution in [3.63, 3.8) is 0 Å². The van der Waals surface area contributed by atoms with Crippen LogP contribution in [-0.4, -0.2) is 16.1 Å². The topological polar surface area (TPSA) is 43.8 Å². The lowest BCUT2D eigenvalue weighted by Gasteiger charge is -2.55. The van der Waals surface area contributed by atoms with Gasteiger partial charge in [-0.15, -0.1) is 0 Å². The van der Waals surface area contributed by atoms with E-state index in [1.54, 1.807) is 0 Å². The summed E-state index contributed by atoms with van der Waals surface area (Å²) in [6, 6.07) is 0.738. The van der Waals surface area contributed by atoms with Gasteiger partial charge in [0.1, 0.15) is 5.82 Å². The van der Waals surface area contributed by atoms with Gasteiger partial charge in [-0.2, -0.15) is 0 Å². The minimum atomic E-state index is 0.738. The highest BCUT2D eigenvalue weighted by molar-refractivity contribution is 5.13. The molecule has 1 aromatic heterocycles. The molecule has 0 spiro atoms. The minimum absolute atomic E-state index is 0.738. The zero-order valence-electron chi connectivity index (χ0n) is 12.6. The van der Waals surface area contributed by atoms with Gasteiger partial charge in [0.25, 0.3) is 0 Å². The number of hydrogen-bond acceptors (Lipinski definition) is 2. The SMILES string of the molecule is CCc1ncc(CCN)n1C1C2CC3CC(C2)CC1C3. The van der Waals surface area contributed by atoms with Gasteiger partial charge in [0.15, 0.2) is 0 Å². The van der Waals surface area contributed by atoms with Crippen molar-refractivity contribution in [2.75, 3.05) is 6.54 Å². The van der Waals surface area contributed by atoms with E-state index >= 15 is 0 Å². The predicted molar refractivity (Wildman–Crippen MR) is 80.4 cm³/mol. The molecule has 110 valence electrons. The Morgan fingerprint density at radius 2 is 1.80 bits per heavy atom. The van der Waals surface area contributed by atoms with Crippen molar-refractivity contribution in [1.29, 1.82) is 0 Å². The van der Waals surface area contributed by atoms with E-state index in [1.165, 1.54) is 43.6 Å². The standard InChI is InChI=1S/C17H27N3/c1-2-16-19-10-15(3-4-18)20(16)17-13-6-11-5-12(8-13)9-14(17)7-11/h10-14,17H,2-9,18H2,1H3. The van der Waals surface area contributed by atoms with Gasteiger partial charge < -0.3 is 10.3 Å². The molecular weight excluding hydrogens is 246 g/mol. The van der Waals surface area contributed by atoms with Crippen molar-refractivity contribution < 1.29 is 0 Å². The molecule has 0 unspecified atom stereocenters. The molecule has 5 rings (SSSR count). The molecule has 2 N–H and O–H groups in total. The Morgan fingerprint density at radius 3 is 2.35 bits per heavy atom. The average Bonchev–Trinajstić information content (AvgIpc) is 2.81. The van der Waals surface area contributed by atoms with Gasteiger partial charge in [-0.1, -0.05) is 6.92 Å². The number of aryl methyl sites for hydroxylation is 1. The molecule has 4 aliphatic rings. The molecule has 1 heterocycles. The molecular formula is C17H27N3. The zero-order valence-corrected chi connectivity index (χ0v) is 12.6. The van der Waals surface area contributed by atoms with Gasteiger partial charge >= 0.3 is 0 Å². The van der Waals surface area contributed by atoms with Gasteiger partial charge in [0.2, 0.25) is 0 Å². The van der Waals surface area contributed by atoms with E-state index in [9.17, 15) is 0 Å². The van der Waals surface area contributed by atoms with Crippen molar-refractivity contribution in [1.82, 2.24) is 9.55 Å². The Balaban J connectivity index is 1.71. The molecule has 1 aromatic rings. The molecule has 0 amide bonds. The van der Waals surface area contributed by atoms with Gasteiger partial charge in [0.05, 0.1) is 0 Å². The Labute approximate surface area is 122 Å². The predicted octanol–water partition coefficient (Wildman–Crippen LogP) is 2.94. The summed E-state index contributed by atoms with van der Waals surface area (Å²) in [5.41, 5.74) is 7.20. The molecule has 4 fully saturated rings. The van der Waals surface area contributed by atoms with Crippen molar-refractivity contribution in [2.45, 2.75) is 57.9 Å². The minimum Gasteiger partial charge on any atom is -0.330 e. The Hall–Kier alpha value is -0.830. The molecule has 4 saturated carbocycles. The second-order valence-corrected chi connectivity index (χ2v) is 7.35. The number of aromatic nitrogens is 2. The molecule has 3 nitrogen and oxygen atoms in total. The smallest absolute Gasteiger partial charge is 0.108 e. The maximum absolute atomic E-state index is 5.81. The first-order valence-electron chi connectivity index (χ1n) is 8.55. The van der Waals surface area contributed by atoms with Crippen LogP contribution in [0.4, 0.5) is 0 Å². The summed E-state index contributed by atoms with van der Waals surface area (Å²) in [6.07, 6.45) is 11.5. The van der Waals surface area contributed by atoms with Gasteiger partial charge in [0, 0.05) is 30.8 Å². The molecule has 0 atom stereocenters. The summed E-state index contributed by atoms with van der Waals surface area (Å²) in [4.78, 5) is 4.69. The number of nitrogens with two attached hydrogens (primary N) is 1. The van der Waals surface area contributed by atoms with E-state index < -0.39 is 0 Å². The Morgan fingerprint density at radius 1 is 1.15 bits per heavy atom. The first kappa shape index (κ1) is 12.9. The molecule has 4 aliphatic carbocycles. The van der Waals surface area contributed by atoms with Crippen molar-refractivity contribution >= 4 is 0 Å². The maximum Gasteiger partial charge on any atom is 0.108 e. The van der Waals surface area contributed by atoms with E-state index in [4.69, 9.17) is 10.7 Å². The van der Waals surface area contributed by atoms with Crippen LogP contribution in [0.3, 0.4) is 0 Å². The van der Waals surface area contributed by atoms with Crippen molar-refractivity contribution in [3.8, 4) is 0 Å². The van der Waals surface area contributed by atoms with Crippen LogP contribution in [0.25, 0.3) is 0 Å². The number of rotatable bonds is 4. The van der Waals surface area contributed by atoms with Crippen LogP contribution in [0, 0.1) is 23.7 Å². The lowest BCUT2D eigenvalue weighted by molar-refractivity contribution is -0.0309. The summed E-state index contributed by atoms with van der Waals surface area (Å²) in [5.74, 6) is 5.22. The number of hydrogen-bond donors (Lipinski definition) is 1. The molecule has 4 bridgehead atoms. The fraction of sp³-hybridized carbons (Fsp3) is 0.824. The fourth-order valence-electron chi connectivity index (χ4n) is 5.72. The molecule has 0 aromatic carbocycles. The van der Waals surface area contributed by atoms with Crippen LogP contribution in [0.5, 0.6) is 0 Å². The monoisotopic (exact) mass is 273 g/mol. The van der Waals surface area contributed by atoms with Crippen LogP contribution in [-0.2, 0) is 12.8 Å². The molecule has 0 saturated heterocycles. The largest absolute Gasteiger partial charge is 0.330 e. The van der Waals surface area contributed by atoms with E-state index in [0.717, 1.165) is 49.1 Å². The van der Waals surface area contributed by atoms with Gasteiger partial charge in [-0.05, 0) is 62.3 Å². The summed E-state index contributed by atoms with van der Waals surface area (Å²) >= 11 is 0. The van der Waals surface area contributed by atoms with Crippen LogP contribution < -0.4 is 5.73 Å². The lowest BCUT2D eigenvalue weighted by Crippen LogP contribution is -2.46. The molecule has 0 aliphatic heterocycles. The third-order valence-corrected chi connectivity index (χ3v) is 6.14. The van der Waals surface area contributed by atoms with E-state index in [0.29, 0.717) is 0 Å². The quantitative estimate of drug-likeness (QED) is 0.916. The first-order chi connectivity index (χ1) is 9.80.